The molecule has 0 amide bonds. The maximum absolute atomic E-state index is 6.23. The van der Waals surface area contributed by atoms with Gasteiger partial charge in [-0.15, -0.1) is 12.3 Å². The summed E-state index contributed by atoms with van der Waals surface area (Å²) in [5.41, 5.74) is 6.68. The first-order valence-corrected chi connectivity index (χ1v) is 5.77. The van der Waals surface area contributed by atoms with Crippen LogP contribution in [-0.4, -0.2) is 6.04 Å². The quantitative estimate of drug-likeness (QED) is 0.539. The van der Waals surface area contributed by atoms with E-state index in [0.29, 0.717) is 17.4 Å². The molecular formula is C13H23N. The van der Waals surface area contributed by atoms with E-state index in [9.17, 15) is 0 Å². The first-order valence-electron chi connectivity index (χ1n) is 5.77. The Hall–Kier alpha value is -0.480. The second-order valence-electron chi connectivity index (χ2n) is 5.25. The van der Waals surface area contributed by atoms with Gasteiger partial charge in [-0.2, -0.15) is 0 Å². The van der Waals surface area contributed by atoms with Crippen molar-refractivity contribution in [2.24, 2.45) is 17.1 Å². The van der Waals surface area contributed by atoms with Crippen LogP contribution >= 0.6 is 0 Å². The van der Waals surface area contributed by atoms with Gasteiger partial charge in [0.1, 0.15) is 0 Å². The predicted octanol–water partition coefficient (Wildman–Crippen LogP) is 2.94. The van der Waals surface area contributed by atoms with E-state index in [1.165, 1.54) is 19.3 Å². The molecule has 0 heterocycles. The smallest absolute Gasteiger partial charge is 0.00866 e. The molecule has 0 saturated heterocycles. The van der Waals surface area contributed by atoms with Crippen LogP contribution < -0.4 is 5.73 Å². The van der Waals surface area contributed by atoms with Gasteiger partial charge in [-0.25, -0.2) is 0 Å². The van der Waals surface area contributed by atoms with Crippen LogP contribution in [0.4, 0.5) is 0 Å². The van der Waals surface area contributed by atoms with Crippen LogP contribution in [0.15, 0.2) is 0 Å². The van der Waals surface area contributed by atoms with Gasteiger partial charge in [0.15, 0.2) is 0 Å². The standard InChI is InChI=1S/C13H23N/c1-4-5-6-9-12(14)11-8-7-10-13(11,2)3/h1,11-12H,5-10,14H2,2-3H3. The second-order valence-corrected chi connectivity index (χ2v) is 5.25. The Kier molecular flexibility index (Phi) is 4.01. The van der Waals surface area contributed by atoms with Gasteiger partial charge in [-0.1, -0.05) is 20.3 Å². The molecule has 0 aromatic heterocycles. The highest BCUT2D eigenvalue weighted by Crippen LogP contribution is 2.44. The maximum atomic E-state index is 6.23. The SMILES string of the molecule is C#CCCCC(N)C1CCCC1(C)C. The van der Waals surface area contributed by atoms with Crippen molar-refractivity contribution in [2.45, 2.75) is 58.4 Å². The molecule has 2 unspecified atom stereocenters. The van der Waals surface area contributed by atoms with Gasteiger partial charge in [0.25, 0.3) is 0 Å². The fourth-order valence-electron chi connectivity index (χ4n) is 2.79. The molecule has 2 N–H and O–H groups in total. The van der Waals surface area contributed by atoms with Gasteiger partial charge in [-0.05, 0) is 37.0 Å². The average Bonchev–Trinajstić information content (AvgIpc) is 2.45. The molecule has 2 atom stereocenters. The zero-order chi connectivity index (χ0) is 10.6. The van der Waals surface area contributed by atoms with Crippen molar-refractivity contribution in [1.29, 1.82) is 0 Å². The minimum atomic E-state index is 0.362. The minimum absolute atomic E-state index is 0.362. The zero-order valence-electron chi connectivity index (χ0n) is 9.55. The van der Waals surface area contributed by atoms with Crippen molar-refractivity contribution in [3.05, 3.63) is 0 Å². The number of hydrogen-bond donors (Lipinski definition) is 1. The summed E-state index contributed by atoms with van der Waals surface area (Å²) >= 11 is 0. The highest BCUT2D eigenvalue weighted by Gasteiger charge is 2.37. The third-order valence-electron chi connectivity index (χ3n) is 3.72. The molecule has 1 aliphatic rings. The van der Waals surface area contributed by atoms with E-state index in [0.717, 1.165) is 19.3 Å². The van der Waals surface area contributed by atoms with E-state index in [-0.39, 0.29) is 0 Å². The molecule has 1 saturated carbocycles. The minimum Gasteiger partial charge on any atom is -0.327 e. The average molecular weight is 193 g/mol. The van der Waals surface area contributed by atoms with Crippen LogP contribution in [0.5, 0.6) is 0 Å². The third-order valence-corrected chi connectivity index (χ3v) is 3.72. The monoisotopic (exact) mass is 193 g/mol. The van der Waals surface area contributed by atoms with Crippen LogP contribution in [0.2, 0.25) is 0 Å². The number of nitrogens with two attached hydrogens (primary N) is 1. The Morgan fingerprint density at radius 2 is 2.29 bits per heavy atom. The number of unbranched alkanes of at least 4 members (excludes halogenated alkanes) is 1. The fourth-order valence-corrected chi connectivity index (χ4v) is 2.79. The fraction of sp³-hybridized carbons (Fsp3) is 0.846. The summed E-state index contributed by atoms with van der Waals surface area (Å²) < 4.78 is 0. The van der Waals surface area contributed by atoms with Crippen molar-refractivity contribution in [2.75, 3.05) is 0 Å². The van der Waals surface area contributed by atoms with E-state index >= 15 is 0 Å². The molecule has 0 radical (unpaired) electrons. The molecule has 14 heavy (non-hydrogen) atoms. The van der Waals surface area contributed by atoms with Crippen molar-refractivity contribution in [3.8, 4) is 12.3 Å². The van der Waals surface area contributed by atoms with E-state index in [1.54, 1.807) is 0 Å². The lowest BCUT2D eigenvalue weighted by atomic mass is 9.76. The molecule has 1 heteroatoms. The largest absolute Gasteiger partial charge is 0.327 e. The summed E-state index contributed by atoms with van der Waals surface area (Å²) in [5.74, 6) is 3.39. The molecule has 1 fully saturated rings. The van der Waals surface area contributed by atoms with Crippen LogP contribution in [0.3, 0.4) is 0 Å². The van der Waals surface area contributed by atoms with Gasteiger partial charge >= 0.3 is 0 Å². The summed E-state index contributed by atoms with van der Waals surface area (Å²) in [5, 5.41) is 0. The van der Waals surface area contributed by atoms with E-state index in [2.05, 4.69) is 19.8 Å². The Morgan fingerprint density at radius 1 is 1.57 bits per heavy atom. The Balaban J connectivity index is 2.37. The molecule has 0 aliphatic heterocycles. The van der Waals surface area contributed by atoms with Crippen LogP contribution in [0.1, 0.15) is 52.4 Å². The van der Waals surface area contributed by atoms with Crippen LogP contribution in [0, 0.1) is 23.7 Å². The highest BCUT2D eigenvalue weighted by atomic mass is 14.7. The predicted molar refractivity (Wildman–Crippen MR) is 61.8 cm³/mol. The molecule has 0 aromatic carbocycles. The van der Waals surface area contributed by atoms with Gasteiger partial charge < -0.3 is 5.73 Å². The molecule has 80 valence electrons. The number of terminal acetylenes is 1. The lowest BCUT2D eigenvalue weighted by molar-refractivity contribution is 0.213. The molecule has 1 nitrogen and oxygen atoms in total. The van der Waals surface area contributed by atoms with E-state index in [1.807, 2.05) is 0 Å². The Labute approximate surface area is 88.5 Å². The van der Waals surface area contributed by atoms with Gasteiger partial charge in [0.2, 0.25) is 0 Å². The van der Waals surface area contributed by atoms with Crippen molar-refractivity contribution in [1.82, 2.24) is 0 Å². The summed E-state index contributed by atoms with van der Waals surface area (Å²) in [7, 11) is 0. The summed E-state index contributed by atoms with van der Waals surface area (Å²) in [6, 6.07) is 0.362. The van der Waals surface area contributed by atoms with E-state index < -0.39 is 0 Å². The van der Waals surface area contributed by atoms with Gasteiger partial charge in [-0.3, -0.25) is 0 Å². The molecule has 1 aliphatic carbocycles. The normalized spacial score (nSPS) is 27.1. The lowest BCUT2D eigenvalue weighted by Crippen LogP contribution is -2.36. The Morgan fingerprint density at radius 3 is 2.79 bits per heavy atom. The summed E-state index contributed by atoms with van der Waals surface area (Å²) in [4.78, 5) is 0. The first-order chi connectivity index (χ1) is 6.58. The van der Waals surface area contributed by atoms with Crippen molar-refractivity contribution >= 4 is 0 Å². The second kappa shape index (κ2) is 4.84. The van der Waals surface area contributed by atoms with Crippen molar-refractivity contribution < 1.29 is 0 Å². The first kappa shape index (κ1) is 11.6. The summed E-state index contributed by atoms with van der Waals surface area (Å²) in [6.07, 6.45) is 12.3. The number of rotatable bonds is 4. The summed E-state index contributed by atoms with van der Waals surface area (Å²) in [6.45, 7) is 4.71. The zero-order valence-corrected chi connectivity index (χ0v) is 9.55. The highest BCUT2D eigenvalue weighted by molar-refractivity contribution is 4.91. The lowest BCUT2D eigenvalue weighted by Gasteiger charge is -2.32. The van der Waals surface area contributed by atoms with Crippen LogP contribution in [-0.2, 0) is 0 Å². The number of hydrogen-bond acceptors (Lipinski definition) is 1. The van der Waals surface area contributed by atoms with Gasteiger partial charge in [0.05, 0.1) is 0 Å². The maximum Gasteiger partial charge on any atom is 0.00866 e. The molecular weight excluding hydrogens is 170 g/mol. The molecule has 0 spiro atoms. The van der Waals surface area contributed by atoms with Crippen LogP contribution in [0.25, 0.3) is 0 Å². The topological polar surface area (TPSA) is 26.0 Å². The third kappa shape index (κ3) is 2.75. The molecule has 0 aromatic rings. The molecule has 0 bridgehead atoms. The Bertz CT molecular complexity index is 212. The van der Waals surface area contributed by atoms with E-state index in [4.69, 9.17) is 12.2 Å². The van der Waals surface area contributed by atoms with Crippen molar-refractivity contribution in [3.63, 3.8) is 0 Å². The molecule has 1 rings (SSSR count). The van der Waals surface area contributed by atoms with Gasteiger partial charge in [0, 0.05) is 12.5 Å².